The van der Waals surface area contributed by atoms with E-state index in [-0.39, 0.29) is 5.60 Å². The molecule has 3 fully saturated rings. The van der Waals surface area contributed by atoms with Gasteiger partial charge in [-0.2, -0.15) is 0 Å². The monoisotopic (exact) mass is 381 g/mol. The van der Waals surface area contributed by atoms with E-state index >= 15 is 0 Å². The minimum absolute atomic E-state index is 0.0737. The third-order valence-electron chi connectivity index (χ3n) is 6.44. The van der Waals surface area contributed by atoms with E-state index in [1.54, 1.807) is 7.11 Å². The molecule has 1 spiro atoms. The average Bonchev–Trinajstić information content (AvgIpc) is 2.98. The molecule has 3 saturated heterocycles. The Morgan fingerprint density at radius 1 is 1.14 bits per heavy atom. The summed E-state index contributed by atoms with van der Waals surface area (Å²) in [5.41, 5.74) is 1.19. The second-order valence-electron chi connectivity index (χ2n) is 8.17. The SMILES string of the molecule is COc1cc(CN2[C@@H]3CC[C@H]2CC2(C3)CN(c3ncccn3)CCO2)ccn1. The van der Waals surface area contributed by atoms with Gasteiger partial charge >= 0.3 is 0 Å². The number of anilines is 1. The summed E-state index contributed by atoms with van der Waals surface area (Å²) in [4.78, 5) is 18.1. The molecule has 28 heavy (non-hydrogen) atoms. The molecule has 1 unspecified atom stereocenters. The van der Waals surface area contributed by atoms with Crippen molar-refractivity contribution in [2.24, 2.45) is 0 Å². The molecular weight excluding hydrogens is 354 g/mol. The molecule has 0 amide bonds. The summed E-state index contributed by atoms with van der Waals surface area (Å²) in [6.45, 7) is 3.46. The zero-order valence-electron chi connectivity index (χ0n) is 16.3. The first-order valence-corrected chi connectivity index (χ1v) is 10.2. The van der Waals surface area contributed by atoms with Gasteiger partial charge in [0.25, 0.3) is 0 Å². The Labute approximate surface area is 165 Å². The standard InChI is InChI=1S/C21H27N5O2/c1-27-19-11-16(5-8-22-19)14-26-17-3-4-18(26)13-21(12-17)15-25(9-10-28-21)20-23-6-2-7-24-20/h2,5-8,11,17-18H,3-4,9-10,12-15H2,1H3/t17-,18+,21?. The van der Waals surface area contributed by atoms with Gasteiger partial charge in [0.1, 0.15) is 0 Å². The van der Waals surface area contributed by atoms with E-state index in [1.165, 1.54) is 18.4 Å². The Balaban J connectivity index is 1.31. The van der Waals surface area contributed by atoms with Crippen LogP contribution in [0.4, 0.5) is 5.95 Å². The molecule has 0 saturated carbocycles. The summed E-state index contributed by atoms with van der Waals surface area (Å²) in [6.07, 6.45) is 10.1. The van der Waals surface area contributed by atoms with E-state index in [2.05, 4.69) is 36.9 Å². The van der Waals surface area contributed by atoms with Crippen LogP contribution < -0.4 is 9.64 Å². The predicted molar refractivity (Wildman–Crippen MR) is 105 cm³/mol. The van der Waals surface area contributed by atoms with E-state index in [0.29, 0.717) is 18.0 Å². The van der Waals surface area contributed by atoms with Crippen LogP contribution in [0, 0.1) is 0 Å². The van der Waals surface area contributed by atoms with Crippen LogP contribution in [0.25, 0.3) is 0 Å². The van der Waals surface area contributed by atoms with Gasteiger partial charge in [-0.25, -0.2) is 15.0 Å². The third kappa shape index (κ3) is 3.33. The van der Waals surface area contributed by atoms with E-state index in [0.717, 1.165) is 45.0 Å². The van der Waals surface area contributed by atoms with E-state index in [9.17, 15) is 0 Å². The topological polar surface area (TPSA) is 63.6 Å². The molecule has 0 radical (unpaired) electrons. The van der Waals surface area contributed by atoms with E-state index < -0.39 is 0 Å². The second kappa shape index (κ2) is 7.29. The van der Waals surface area contributed by atoms with Crippen molar-refractivity contribution < 1.29 is 9.47 Å². The van der Waals surface area contributed by atoms with Gasteiger partial charge in [0.15, 0.2) is 0 Å². The lowest BCUT2D eigenvalue weighted by Crippen LogP contribution is -2.60. The van der Waals surface area contributed by atoms with Crippen LogP contribution in [0.15, 0.2) is 36.8 Å². The molecule has 3 aliphatic rings. The van der Waals surface area contributed by atoms with Crippen LogP contribution in [-0.2, 0) is 11.3 Å². The van der Waals surface area contributed by atoms with Gasteiger partial charge in [0.05, 0.1) is 25.9 Å². The summed E-state index contributed by atoms with van der Waals surface area (Å²) >= 11 is 0. The maximum atomic E-state index is 6.42. The van der Waals surface area contributed by atoms with Gasteiger partial charge in [0, 0.05) is 49.8 Å². The third-order valence-corrected chi connectivity index (χ3v) is 6.44. The lowest BCUT2D eigenvalue weighted by molar-refractivity contribution is -0.112. The molecule has 0 N–H and O–H groups in total. The van der Waals surface area contributed by atoms with Gasteiger partial charge in [-0.15, -0.1) is 0 Å². The molecule has 7 heteroatoms. The van der Waals surface area contributed by atoms with Crippen LogP contribution in [0.5, 0.6) is 5.88 Å². The van der Waals surface area contributed by atoms with Crippen molar-refractivity contribution in [2.75, 3.05) is 31.7 Å². The number of hydrogen-bond acceptors (Lipinski definition) is 7. The minimum atomic E-state index is -0.0737. The Bertz CT molecular complexity index is 803. The molecule has 5 heterocycles. The van der Waals surface area contributed by atoms with Crippen molar-refractivity contribution in [2.45, 2.75) is 49.9 Å². The molecule has 7 nitrogen and oxygen atoms in total. The molecule has 0 aliphatic carbocycles. The number of piperidine rings is 1. The summed E-state index contributed by atoms with van der Waals surface area (Å²) in [5, 5.41) is 0. The summed E-state index contributed by atoms with van der Waals surface area (Å²) < 4.78 is 11.7. The Hall–Kier alpha value is -2.25. The first-order valence-electron chi connectivity index (χ1n) is 10.2. The van der Waals surface area contributed by atoms with Crippen LogP contribution in [0.2, 0.25) is 0 Å². The van der Waals surface area contributed by atoms with Crippen LogP contribution in [0.3, 0.4) is 0 Å². The molecule has 2 bridgehead atoms. The maximum Gasteiger partial charge on any atom is 0.225 e. The van der Waals surface area contributed by atoms with Crippen molar-refractivity contribution in [1.29, 1.82) is 0 Å². The largest absolute Gasteiger partial charge is 0.481 e. The first-order chi connectivity index (χ1) is 13.7. The minimum Gasteiger partial charge on any atom is -0.481 e. The molecule has 2 aromatic heterocycles. The molecule has 3 aliphatic heterocycles. The number of nitrogens with zero attached hydrogens (tertiary/aromatic N) is 5. The number of hydrogen-bond donors (Lipinski definition) is 0. The van der Waals surface area contributed by atoms with Crippen LogP contribution >= 0.6 is 0 Å². The normalized spacial score (nSPS) is 30.0. The Morgan fingerprint density at radius 2 is 1.93 bits per heavy atom. The van der Waals surface area contributed by atoms with Gasteiger partial charge < -0.3 is 14.4 Å². The molecular formula is C21H27N5O2. The summed E-state index contributed by atoms with van der Waals surface area (Å²) in [6, 6.07) is 7.14. The lowest BCUT2D eigenvalue weighted by atomic mass is 9.84. The van der Waals surface area contributed by atoms with E-state index in [1.807, 2.05) is 24.7 Å². The second-order valence-corrected chi connectivity index (χ2v) is 8.17. The zero-order chi connectivity index (χ0) is 19.0. The quantitative estimate of drug-likeness (QED) is 0.805. The Morgan fingerprint density at radius 3 is 2.68 bits per heavy atom. The van der Waals surface area contributed by atoms with Crippen molar-refractivity contribution in [1.82, 2.24) is 19.9 Å². The number of morpholine rings is 1. The van der Waals surface area contributed by atoms with E-state index in [4.69, 9.17) is 9.47 Å². The van der Waals surface area contributed by atoms with Gasteiger partial charge in [-0.3, -0.25) is 4.90 Å². The highest BCUT2D eigenvalue weighted by molar-refractivity contribution is 5.31. The Kier molecular flexibility index (Phi) is 4.64. The molecule has 0 aromatic carbocycles. The van der Waals surface area contributed by atoms with Gasteiger partial charge in [-0.05, 0) is 43.4 Å². The molecule has 3 atom stereocenters. The number of rotatable bonds is 4. The number of pyridine rings is 1. The number of methoxy groups -OCH3 is 1. The maximum absolute atomic E-state index is 6.42. The van der Waals surface area contributed by atoms with Crippen molar-refractivity contribution in [3.05, 3.63) is 42.4 Å². The number of ether oxygens (including phenoxy) is 2. The fourth-order valence-corrected chi connectivity index (χ4v) is 5.24. The number of aromatic nitrogens is 3. The smallest absolute Gasteiger partial charge is 0.225 e. The number of fused-ring (bicyclic) bond motifs is 2. The average molecular weight is 381 g/mol. The highest BCUT2D eigenvalue weighted by Gasteiger charge is 2.50. The van der Waals surface area contributed by atoms with Crippen molar-refractivity contribution in [3.8, 4) is 5.88 Å². The van der Waals surface area contributed by atoms with Crippen LogP contribution in [-0.4, -0.2) is 64.3 Å². The fraction of sp³-hybridized carbons (Fsp3) is 0.571. The molecule has 148 valence electrons. The highest BCUT2D eigenvalue weighted by atomic mass is 16.5. The lowest BCUT2D eigenvalue weighted by Gasteiger charge is -2.50. The predicted octanol–water partition coefficient (Wildman–Crippen LogP) is 2.28. The molecule has 2 aromatic rings. The van der Waals surface area contributed by atoms with Crippen molar-refractivity contribution >= 4 is 5.95 Å². The van der Waals surface area contributed by atoms with Gasteiger partial charge in [0.2, 0.25) is 11.8 Å². The van der Waals surface area contributed by atoms with Gasteiger partial charge in [-0.1, -0.05) is 0 Å². The first kappa shape index (κ1) is 17.8. The van der Waals surface area contributed by atoms with Crippen molar-refractivity contribution in [3.63, 3.8) is 0 Å². The molecule has 5 rings (SSSR count). The zero-order valence-corrected chi connectivity index (χ0v) is 16.3. The van der Waals surface area contributed by atoms with Crippen LogP contribution in [0.1, 0.15) is 31.2 Å². The highest BCUT2D eigenvalue weighted by Crippen LogP contribution is 2.44. The fourth-order valence-electron chi connectivity index (χ4n) is 5.24. The summed E-state index contributed by atoms with van der Waals surface area (Å²) in [5.74, 6) is 1.51. The summed E-state index contributed by atoms with van der Waals surface area (Å²) in [7, 11) is 1.67.